The molecule has 29 heavy (non-hydrogen) atoms. The first kappa shape index (κ1) is 19.3. The Morgan fingerprint density at radius 1 is 1.10 bits per heavy atom. The largest absolute Gasteiger partial charge is 0.497 e. The van der Waals surface area contributed by atoms with Crippen molar-refractivity contribution < 1.29 is 9.47 Å². The number of benzene rings is 1. The molecule has 1 N–H and O–H groups in total. The van der Waals surface area contributed by atoms with Crippen LogP contribution < -0.4 is 10.1 Å². The number of methoxy groups -OCH3 is 1. The fourth-order valence-corrected chi connectivity index (χ4v) is 3.82. The van der Waals surface area contributed by atoms with Crippen LogP contribution in [0.15, 0.2) is 54.9 Å². The van der Waals surface area contributed by atoms with Crippen LogP contribution in [0.25, 0.3) is 11.4 Å². The predicted octanol–water partition coefficient (Wildman–Crippen LogP) is 4.02. The maximum absolute atomic E-state index is 5.65. The first-order valence-corrected chi connectivity index (χ1v) is 9.91. The summed E-state index contributed by atoms with van der Waals surface area (Å²) in [7, 11) is 1.69. The first-order valence-electron chi connectivity index (χ1n) is 9.91. The Hall–Kier alpha value is -2.99. The van der Waals surface area contributed by atoms with Gasteiger partial charge in [-0.1, -0.05) is 12.1 Å². The van der Waals surface area contributed by atoms with Crippen LogP contribution in [0.4, 0.5) is 5.82 Å². The third kappa shape index (κ3) is 4.38. The molecule has 6 heteroatoms. The van der Waals surface area contributed by atoms with E-state index in [1.807, 2.05) is 37.3 Å². The molecule has 0 saturated carbocycles. The van der Waals surface area contributed by atoms with E-state index in [-0.39, 0.29) is 5.41 Å². The normalized spacial score (nSPS) is 15.7. The zero-order valence-corrected chi connectivity index (χ0v) is 16.9. The molecule has 3 heterocycles. The lowest BCUT2D eigenvalue weighted by atomic mass is 9.74. The van der Waals surface area contributed by atoms with Crippen LogP contribution in [0, 0.1) is 6.92 Å². The maximum atomic E-state index is 5.65. The zero-order valence-electron chi connectivity index (χ0n) is 16.9. The molecule has 0 amide bonds. The van der Waals surface area contributed by atoms with E-state index < -0.39 is 0 Å². The number of nitrogens with zero attached hydrogens (tertiary/aromatic N) is 3. The number of ether oxygens (including phenoxy) is 2. The summed E-state index contributed by atoms with van der Waals surface area (Å²) in [5.74, 6) is 2.39. The van der Waals surface area contributed by atoms with Gasteiger partial charge in [-0.3, -0.25) is 4.98 Å². The number of aryl methyl sites for hydroxylation is 1. The highest BCUT2D eigenvalue weighted by Crippen LogP contribution is 2.36. The summed E-state index contributed by atoms with van der Waals surface area (Å²) in [4.78, 5) is 13.5. The fraction of sp³-hybridized carbons (Fsp3) is 0.348. The lowest BCUT2D eigenvalue weighted by Crippen LogP contribution is -2.40. The average molecular weight is 390 g/mol. The molecule has 0 spiro atoms. The lowest BCUT2D eigenvalue weighted by molar-refractivity contribution is 0.0543. The Balaban J connectivity index is 1.58. The Kier molecular flexibility index (Phi) is 5.71. The molecule has 1 aromatic carbocycles. The number of hydrogen-bond acceptors (Lipinski definition) is 6. The second-order valence-corrected chi connectivity index (χ2v) is 7.43. The summed E-state index contributed by atoms with van der Waals surface area (Å²) in [6.07, 6.45) is 5.47. The number of pyridine rings is 1. The quantitative estimate of drug-likeness (QED) is 0.686. The van der Waals surface area contributed by atoms with Gasteiger partial charge in [0.05, 0.1) is 7.11 Å². The van der Waals surface area contributed by atoms with Gasteiger partial charge in [0.1, 0.15) is 11.6 Å². The van der Waals surface area contributed by atoms with Gasteiger partial charge in [-0.2, -0.15) is 0 Å². The van der Waals surface area contributed by atoms with Gasteiger partial charge >= 0.3 is 0 Å². The number of anilines is 1. The van der Waals surface area contributed by atoms with Crippen molar-refractivity contribution in [2.75, 3.05) is 32.2 Å². The molecule has 1 aliphatic heterocycles. The van der Waals surface area contributed by atoms with Crippen LogP contribution in [0.3, 0.4) is 0 Å². The minimum absolute atomic E-state index is 0.00214. The van der Waals surface area contributed by atoms with Gasteiger partial charge in [0.15, 0.2) is 5.82 Å². The number of nitrogens with one attached hydrogen (secondary N) is 1. The molecule has 0 radical (unpaired) electrons. The van der Waals surface area contributed by atoms with E-state index in [1.54, 1.807) is 19.5 Å². The molecule has 6 nitrogen and oxygen atoms in total. The minimum atomic E-state index is -0.00214. The van der Waals surface area contributed by atoms with Gasteiger partial charge in [-0.05, 0) is 49.6 Å². The van der Waals surface area contributed by atoms with E-state index in [1.165, 1.54) is 5.56 Å². The van der Waals surface area contributed by atoms with E-state index in [4.69, 9.17) is 14.5 Å². The van der Waals surface area contributed by atoms with Crippen LogP contribution >= 0.6 is 0 Å². The standard InChI is InChI=1S/C23H26N4O2/c1-17-14-21(27-22(26-17)18-4-3-11-24-15-18)25-16-23(9-12-29-13-10-23)19-5-7-20(28-2)8-6-19/h3-8,11,14-15H,9-10,12-13,16H2,1-2H3,(H,25,26,27). The third-order valence-corrected chi connectivity index (χ3v) is 5.53. The maximum Gasteiger partial charge on any atom is 0.163 e. The monoisotopic (exact) mass is 390 g/mol. The van der Waals surface area contributed by atoms with Crippen molar-refractivity contribution in [3.63, 3.8) is 0 Å². The Morgan fingerprint density at radius 2 is 1.90 bits per heavy atom. The van der Waals surface area contributed by atoms with Gasteiger partial charge in [0, 0.05) is 54.9 Å². The fourth-order valence-electron chi connectivity index (χ4n) is 3.82. The predicted molar refractivity (Wildman–Crippen MR) is 113 cm³/mol. The summed E-state index contributed by atoms with van der Waals surface area (Å²) in [5.41, 5.74) is 3.13. The average Bonchev–Trinajstić information content (AvgIpc) is 2.79. The highest BCUT2D eigenvalue weighted by Gasteiger charge is 2.34. The first-order chi connectivity index (χ1) is 14.2. The topological polar surface area (TPSA) is 69.2 Å². The highest BCUT2D eigenvalue weighted by molar-refractivity contribution is 5.56. The summed E-state index contributed by atoms with van der Waals surface area (Å²) < 4.78 is 11.0. The second-order valence-electron chi connectivity index (χ2n) is 7.43. The molecule has 3 aromatic rings. The molecule has 0 unspecified atom stereocenters. The molecular weight excluding hydrogens is 364 g/mol. The minimum Gasteiger partial charge on any atom is -0.497 e. The van der Waals surface area contributed by atoms with Crippen molar-refractivity contribution >= 4 is 5.82 Å². The SMILES string of the molecule is COc1ccc(C2(CNc3cc(C)nc(-c4cccnc4)n3)CCOCC2)cc1. The molecule has 0 bridgehead atoms. The van der Waals surface area contributed by atoms with Crippen molar-refractivity contribution in [2.24, 2.45) is 0 Å². The molecule has 4 rings (SSSR count). The summed E-state index contributed by atoms with van der Waals surface area (Å²) in [6.45, 7) is 4.29. The van der Waals surface area contributed by atoms with Crippen LogP contribution in [0.2, 0.25) is 0 Å². The van der Waals surface area contributed by atoms with E-state index in [2.05, 4.69) is 27.4 Å². The van der Waals surface area contributed by atoms with Crippen LogP contribution in [-0.4, -0.2) is 41.8 Å². The van der Waals surface area contributed by atoms with E-state index >= 15 is 0 Å². The Morgan fingerprint density at radius 3 is 2.59 bits per heavy atom. The van der Waals surface area contributed by atoms with Gasteiger partial charge in [0.2, 0.25) is 0 Å². The third-order valence-electron chi connectivity index (χ3n) is 5.53. The van der Waals surface area contributed by atoms with Gasteiger partial charge in [0.25, 0.3) is 0 Å². The summed E-state index contributed by atoms with van der Waals surface area (Å²) in [6, 6.07) is 14.2. The number of hydrogen-bond donors (Lipinski definition) is 1. The number of aromatic nitrogens is 3. The molecule has 1 fully saturated rings. The second kappa shape index (κ2) is 8.57. The van der Waals surface area contributed by atoms with Crippen molar-refractivity contribution in [1.82, 2.24) is 15.0 Å². The molecule has 2 aromatic heterocycles. The highest BCUT2D eigenvalue weighted by atomic mass is 16.5. The van der Waals surface area contributed by atoms with Crippen LogP contribution in [0.5, 0.6) is 5.75 Å². The Labute approximate surface area is 171 Å². The number of rotatable bonds is 6. The lowest BCUT2D eigenvalue weighted by Gasteiger charge is -2.38. The molecule has 0 atom stereocenters. The molecular formula is C23H26N4O2. The summed E-state index contributed by atoms with van der Waals surface area (Å²) in [5, 5.41) is 3.57. The summed E-state index contributed by atoms with van der Waals surface area (Å²) >= 11 is 0. The van der Waals surface area contributed by atoms with Gasteiger partial charge < -0.3 is 14.8 Å². The van der Waals surface area contributed by atoms with E-state index in [0.29, 0.717) is 5.82 Å². The van der Waals surface area contributed by atoms with E-state index in [9.17, 15) is 0 Å². The van der Waals surface area contributed by atoms with Gasteiger partial charge in [-0.25, -0.2) is 9.97 Å². The molecule has 1 saturated heterocycles. The molecule has 0 aliphatic carbocycles. The molecule has 1 aliphatic rings. The van der Waals surface area contributed by atoms with Crippen molar-refractivity contribution in [3.05, 3.63) is 66.1 Å². The van der Waals surface area contributed by atoms with Crippen molar-refractivity contribution in [1.29, 1.82) is 0 Å². The smallest absolute Gasteiger partial charge is 0.163 e. The van der Waals surface area contributed by atoms with Gasteiger partial charge in [-0.15, -0.1) is 0 Å². The molecule has 150 valence electrons. The Bertz CT molecular complexity index is 939. The van der Waals surface area contributed by atoms with Crippen molar-refractivity contribution in [3.8, 4) is 17.1 Å². The zero-order chi connectivity index (χ0) is 20.1. The van der Waals surface area contributed by atoms with Crippen molar-refractivity contribution in [2.45, 2.75) is 25.2 Å². The van der Waals surface area contributed by atoms with E-state index in [0.717, 1.165) is 55.4 Å². The van der Waals surface area contributed by atoms with Crippen LogP contribution in [0.1, 0.15) is 24.1 Å². The van der Waals surface area contributed by atoms with Crippen LogP contribution in [-0.2, 0) is 10.2 Å².